The van der Waals surface area contributed by atoms with E-state index in [4.69, 9.17) is 18.9 Å². The van der Waals surface area contributed by atoms with Crippen LogP contribution in [0.3, 0.4) is 0 Å². The standard InChI is InChI=1S/C30H52O7/c1-5-9-13-17-21-34-27-24(20-16-12-8-4)26(37-30(32)33)25(31)28(35-22-18-14-10-6-2)29(27)36-23-19-15-11-7-3/h31H,5-23H2,1-4H3,(H,32,33). The molecule has 0 unspecified atom stereocenters. The second-order valence-corrected chi connectivity index (χ2v) is 9.70. The topological polar surface area (TPSA) is 94.5 Å². The number of carbonyl (C=O) groups is 1. The third kappa shape index (κ3) is 12.7. The number of unbranched alkanes of at least 4 members (excludes halogenated alkanes) is 11. The molecule has 7 nitrogen and oxygen atoms in total. The molecule has 0 amide bonds. The minimum absolute atomic E-state index is 0.103. The van der Waals surface area contributed by atoms with E-state index in [0.29, 0.717) is 43.3 Å². The SMILES string of the molecule is CCCCCCOc1c(O)c(OC(=O)O)c(CCCCC)c(OCCCCCC)c1OCCCCCC. The Kier molecular flexibility index (Phi) is 18.3. The highest BCUT2D eigenvalue weighted by Gasteiger charge is 2.30. The van der Waals surface area contributed by atoms with E-state index in [2.05, 4.69) is 27.7 Å². The molecule has 0 atom stereocenters. The second-order valence-electron chi connectivity index (χ2n) is 9.70. The first-order valence-electron chi connectivity index (χ1n) is 14.7. The predicted octanol–water partition coefficient (Wildman–Crippen LogP) is 9.06. The summed E-state index contributed by atoms with van der Waals surface area (Å²) >= 11 is 0. The zero-order valence-corrected chi connectivity index (χ0v) is 23.9. The molecule has 7 heteroatoms. The van der Waals surface area contributed by atoms with Gasteiger partial charge in [-0.3, -0.25) is 0 Å². The van der Waals surface area contributed by atoms with Crippen molar-refractivity contribution in [3.8, 4) is 28.7 Å². The molecular formula is C30H52O7. The fourth-order valence-corrected chi connectivity index (χ4v) is 4.20. The molecule has 0 saturated carbocycles. The van der Waals surface area contributed by atoms with Gasteiger partial charge in [0.2, 0.25) is 17.2 Å². The lowest BCUT2D eigenvalue weighted by atomic mass is 10.0. The largest absolute Gasteiger partial charge is 0.511 e. The summed E-state index contributed by atoms with van der Waals surface area (Å²) in [6, 6.07) is 0. The number of benzene rings is 1. The Labute approximate surface area is 224 Å². The van der Waals surface area contributed by atoms with Gasteiger partial charge in [-0.05, 0) is 32.1 Å². The average Bonchev–Trinajstić information content (AvgIpc) is 2.88. The van der Waals surface area contributed by atoms with Gasteiger partial charge in [0.25, 0.3) is 0 Å². The van der Waals surface area contributed by atoms with Crippen molar-refractivity contribution in [3.63, 3.8) is 0 Å². The van der Waals surface area contributed by atoms with Crippen molar-refractivity contribution in [2.45, 2.75) is 130 Å². The van der Waals surface area contributed by atoms with Crippen molar-refractivity contribution in [2.75, 3.05) is 19.8 Å². The van der Waals surface area contributed by atoms with Crippen LogP contribution in [0, 0.1) is 0 Å². The maximum atomic E-state index is 11.6. The van der Waals surface area contributed by atoms with Crippen LogP contribution >= 0.6 is 0 Å². The van der Waals surface area contributed by atoms with Gasteiger partial charge in [-0.1, -0.05) is 98.3 Å². The highest BCUT2D eigenvalue weighted by atomic mass is 16.7. The molecule has 0 heterocycles. The van der Waals surface area contributed by atoms with Crippen LogP contribution in [-0.4, -0.2) is 36.2 Å². The van der Waals surface area contributed by atoms with Crippen molar-refractivity contribution < 1.29 is 34.0 Å². The van der Waals surface area contributed by atoms with Crippen LogP contribution in [-0.2, 0) is 6.42 Å². The lowest BCUT2D eigenvalue weighted by Crippen LogP contribution is -2.12. The van der Waals surface area contributed by atoms with Crippen LogP contribution in [0.5, 0.6) is 28.7 Å². The van der Waals surface area contributed by atoms with Crippen molar-refractivity contribution in [1.82, 2.24) is 0 Å². The molecule has 37 heavy (non-hydrogen) atoms. The Hall–Kier alpha value is -2.31. The van der Waals surface area contributed by atoms with Crippen LogP contribution in [0.4, 0.5) is 4.79 Å². The minimum atomic E-state index is -1.48. The number of rotatable bonds is 23. The fraction of sp³-hybridized carbons (Fsp3) is 0.767. The Morgan fingerprint density at radius 2 is 1.00 bits per heavy atom. The van der Waals surface area contributed by atoms with Gasteiger partial charge in [0.15, 0.2) is 11.5 Å². The van der Waals surface area contributed by atoms with E-state index >= 15 is 0 Å². The third-order valence-corrected chi connectivity index (χ3v) is 6.34. The van der Waals surface area contributed by atoms with Crippen LogP contribution < -0.4 is 18.9 Å². The molecule has 1 aromatic carbocycles. The number of phenolic OH excluding ortho intramolecular Hbond substituents is 1. The van der Waals surface area contributed by atoms with E-state index in [9.17, 15) is 15.0 Å². The second kappa shape index (κ2) is 20.7. The number of hydrogen-bond acceptors (Lipinski definition) is 6. The maximum absolute atomic E-state index is 11.6. The monoisotopic (exact) mass is 524 g/mol. The minimum Gasteiger partial charge on any atom is -0.502 e. The van der Waals surface area contributed by atoms with E-state index in [-0.39, 0.29) is 17.2 Å². The summed E-state index contributed by atoms with van der Waals surface area (Å²) in [5, 5.41) is 20.7. The molecule has 1 rings (SSSR count). The zero-order valence-electron chi connectivity index (χ0n) is 23.9. The first-order valence-corrected chi connectivity index (χ1v) is 14.7. The van der Waals surface area contributed by atoms with Gasteiger partial charge in [0.1, 0.15) is 0 Å². The van der Waals surface area contributed by atoms with Crippen LogP contribution in [0.2, 0.25) is 0 Å². The molecule has 0 radical (unpaired) electrons. The molecule has 0 spiro atoms. The Morgan fingerprint density at radius 1 is 0.568 bits per heavy atom. The number of hydrogen-bond donors (Lipinski definition) is 2. The summed E-state index contributed by atoms with van der Waals surface area (Å²) in [5.74, 6) is 0.497. The molecule has 1 aromatic rings. The summed E-state index contributed by atoms with van der Waals surface area (Å²) < 4.78 is 23.7. The molecule has 0 aliphatic heterocycles. The average molecular weight is 525 g/mol. The normalized spacial score (nSPS) is 10.9. The molecule has 0 saturated heterocycles. The highest BCUT2D eigenvalue weighted by molar-refractivity contribution is 5.73. The van der Waals surface area contributed by atoms with Gasteiger partial charge in [0.05, 0.1) is 19.8 Å². The summed E-state index contributed by atoms with van der Waals surface area (Å²) in [5.41, 5.74) is 0.533. The Bertz CT molecular complexity index is 748. The van der Waals surface area contributed by atoms with E-state index in [1.807, 2.05) is 0 Å². The summed E-state index contributed by atoms with van der Waals surface area (Å²) in [6.07, 6.45) is 14.2. The van der Waals surface area contributed by atoms with Gasteiger partial charge in [-0.15, -0.1) is 0 Å². The fourth-order valence-electron chi connectivity index (χ4n) is 4.20. The maximum Gasteiger partial charge on any atom is 0.511 e. The number of phenols is 1. The van der Waals surface area contributed by atoms with Crippen molar-refractivity contribution >= 4 is 6.16 Å². The lowest BCUT2D eigenvalue weighted by Gasteiger charge is -2.23. The number of carboxylic acid groups (broad SMARTS) is 1. The summed E-state index contributed by atoms with van der Waals surface area (Å²) in [6.45, 7) is 9.91. The molecule has 214 valence electrons. The van der Waals surface area contributed by atoms with Crippen LogP contribution in [0.15, 0.2) is 0 Å². The van der Waals surface area contributed by atoms with Crippen molar-refractivity contribution in [1.29, 1.82) is 0 Å². The molecule has 2 N–H and O–H groups in total. The lowest BCUT2D eigenvalue weighted by molar-refractivity contribution is 0.141. The zero-order chi connectivity index (χ0) is 27.3. The molecule has 0 aliphatic rings. The van der Waals surface area contributed by atoms with Gasteiger partial charge in [0, 0.05) is 5.56 Å². The highest BCUT2D eigenvalue weighted by Crippen LogP contribution is 2.54. The first kappa shape index (κ1) is 32.7. The first-order chi connectivity index (χ1) is 18.0. The van der Waals surface area contributed by atoms with Crippen molar-refractivity contribution in [3.05, 3.63) is 5.56 Å². The van der Waals surface area contributed by atoms with Crippen LogP contribution in [0.1, 0.15) is 130 Å². The van der Waals surface area contributed by atoms with Crippen molar-refractivity contribution in [2.24, 2.45) is 0 Å². The van der Waals surface area contributed by atoms with Gasteiger partial charge in [-0.2, -0.15) is 0 Å². The van der Waals surface area contributed by atoms with Gasteiger partial charge >= 0.3 is 6.16 Å². The van der Waals surface area contributed by atoms with Gasteiger partial charge < -0.3 is 29.2 Å². The third-order valence-electron chi connectivity index (χ3n) is 6.34. The molecule has 0 aliphatic carbocycles. The summed E-state index contributed by atoms with van der Waals surface area (Å²) in [7, 11) is 0. The van der Waals surface area contributed by atoms with Crippen LogP contribution in [0.25, 0.3) is 0 Å². The van der Waals surface area contributed by atoms with E-state index < -0.39 is 6.16 Å². The number of aromatic hydroxyl groups is 1. The molecule has 0 aromatic heterocycles. The summed E-state index contributed by atoms with van der Waals surface area (Å²) in [4.78, 5) is 11.6. The molecule has 0 fully saturated rings. The molecule has 0 bridgehead atoms. The quantitative estimate of drug-likeness (QED) is 0.0837. The number of ether oxygens (including phenoxy) is 4. The van der Waals surface area contributed by atoms with E-state index in [1.165, 1.54) is 0 Å². The van der Waals surface area contributed by atoms with E-state index in [0.717, 1.165) is 96.3 Å². The smallest absolute Gasteiger partial charge is 0.502 e. The molecular weight excluding hydrogens is 472 g/mol. The van der Waals surface area contributed by atoms with E-state index in [1.54, 1.807) is 0 Å². The Morgan fingerprint density at radius 3 is 1.46 bits per heavy atom. The van der Waals surface area contributed by atoms with Gasteiger partial charge in [-0.25, -0.2) is 4.79 Å². The Balaban J connectivity index is 3.45. The predicted molar refractivity (Wildman–Crippen MR) is 149 cm³/mol.